The van der Waals surface area contributed by atoms with Gasteiger partial charge in [-0.1, -0.05) is 20.8 Å². The molecule has 15 heavy (non-hydrogen) atoms. The molecule has 0 aliphatic carbocycles. The molecular formula is C13H14N2. The molecule has 76 valence electrons. The van der Waals surface area contributed by atoms with Gasteiger partial charge in [-0.3, -0.25) is 0 Å². The van der Waals surface area contributed by atoms with Crippen molar-refractivity contribution in [1.29, 1.82) is 10.5 Å². The van der Waals surface area contributed by atoms with Crippen molar-refractivity contribution in [2.45, 2.75) is 33.1 Å². The fourth-order valence-corrected chi connectivity index (χ4v) is 1.54. The molecule has 0 spiro atoms. The Labute approximate surface area is 90.8 Å². The summed E-state index contributed by atoms with van der Waals surface area (Å²) in [5.41, 5.74) is 3.01. The Morgan fingerprint density at radius 3 is 1.93 bits per heavy atom. The van der Waals surface area contributed by atoms with E-state index in [-0.39, 0.29) is 5.41 Å². The molecule has 0 radical (unpaired) electrons. The molecule has 0 saturated carbocycles. The van der Waals surface area contributed by atoms with Crippen LogP contribution in [0, 0.1) is 29.6 Å². The molecule has 1 aromatic carbocycles. The zero-order chi connectivity index (χ0) is 11.6. The molecular weight excluding hydrogens is 184 g/mol. The fourth-order valence-electron chi connectivity index (χ4n) is 1.54. The molecule has 2 nitrogen and oxygen atoms in total. The third-order valence-electron chi connectivity index (χ3n) is 2.41. The molecule has 0 amide bonds. The highest BCUT2D eigenvalue weighted by Gasteiger charge is 2.19. The van der Waals surface area contributed by atoms with Crippen molar-refractivity contribution in [3.8, 4) is 12.1 Å². The summed E-state index contributed by atoms with van der Waals surface area (Å²) >= 11 is 0. The van der Waals surface area contributed by atoms with Crippen LogP contribution in [-0.2, 0) is 5.41 Å². The molecule has 1 aromatic rings. The van der Waals surface area contributed by atoms with E-state index in [4.69, 9.17) is 10.5 Å². The number of rotatable bonds is 0. The first-order chi connectivity index (χ1) is 6.90. The first kappa shape index (κ1) is 11.3. The van der Waals surface area contributed by atoms with Crippen molar-refractivity contribution >= 4 is 0 Å². The molecule has 2 heteroatoms. The minimum atomic E-state index is -0.107. The van der Waals surface area contributed by atoms with Crippen LogP contribution in [0.15, 0.2) is 12.1 Å². The summed E-state index contributed by atoms with van der Waals surface area (Å²) in [7, 11) is 0. The minimum absolute atomic E-state index is 0.107. The van der Waals surface area contributed by atoms with Crippen LogP contribution in [0.3, 0.4) is 0 Å². The van der Waals surface area contributed by atoms with E-state index in [1.807, 2.05) is 33.8 Å². The maximum Gasteiger partial charge on any atom is 0.0994 e. The Morgan fingerprint density at radius 1 is 1.00 bits per heavy atom. The average molecular weight is 198 g/mol. The number of hydrogen-bond donors (Lipinski definition) is 0. The quantitative estimate of drug-likeness (QED) is 0.643. The number of nitriles is 2. The van der Waals surface area contributed by atoms with Gasteiger partial charge in [0.2, 0.25) is 0 Å². The van der Waals surface area contributed by atoms with Crippen molar-refractivity contribution in [3.05, 3.63) is 34.4 Å². The van der Waals surface area contributed by atoms with Crippen LogP contribution in [0.1, 0.15) is 43.0 Å². The maximum absolute atomic E-state index is 9.04. The molecule has 0 N–H and O–H groups in total. The van der Waals surface area contributed by atoms with Crippen LogP contribution in [0.25, 0.3) is 0 Å². The second kappa shape index (κ2) is 3.75. The van der Waals surface area contributed by atoms with E-state index in [9.17, 15) is 0 Å². The first-order valence-corrected chi connectivity index (χ1v) is 4.85. The van der Waals surface area contributed by atoms with Crippen molar-refractivity contribution in [3.63, 3.8) is 0 Å². The van der Waals surface area contributed by atoms with Crippen LogP contribution < -0.4 is 0 Å². The molecule has 0 aliphatic heterocycles. The van der Waals surface area contributed by atoms with Crippen LogP contribution in [0.4, 0.5) is 0 Å². The molecule has 0 aliphatic rings. The Bertz CT molecular complexity index is 465. The van der Waals surface area contributed by atoms with E-state index in [0.29, 0.717) is 11.1 Å². The summed E-state index contributed by atoms with van der Waals surface area (Å²) in [4.78, 5) is 0. The van der Waals surface area contributed by atoms with Gasteiger partial charge in [-0.05, 0) is 35.6 Å². The largest absolute Gasteiger partial charge is 0.192 e. The maximum atomic E-state index is 9.04. The molecule has 0 heterocycles. The normalized spacial score (nSPS) is 10.5. The van der Waals surface area contributed by atoms with E-state index in [1.54, 1.807) is 6.07 Å². The van der Waals surface area contributed by atoms with E-state index >= 15 is 0 Å². The highest BCUT2D eigenvalue weighted by Crippen LogP contribution is 2.27. The van der Waals surface area contributed by atoms with Gasteiger partial charge in [0.1, 0.15) is 0 Å². The van der Waals surface area contributed by atoms with Crippen LogP contribution in [-0.4, -0.2) is 0 Å². The summed E-state index contributed by atoms with van der Waals surface area (Å²) in [6.45, 7) is 7.98. The van der Waals surface area contributed by atoms with E-state index in [0.717, 1.165) is 11.1 Å². The Morgan fingerprint density at radius 2 is 1.53 bits per heavy atom. The fraction of sp³-hybridized carbons (Fsp3) is 0.385. The van der Waals surface area contributed by atoms with Crippen molar-refractivity contribution < 1.29 is 0 Å². The molecule has 0 saturated heterocycles. The summed E-state index contributed by atoms with van der Waals surface area (Å²) in [6, 6.07) is 7.95. The Balaban J connectivity index is 3.53. The first-order valence-electron chi connectivity index (χ1n) is 4.85. The topological polar surface area (TPSA) is 47.6 Å². The van der Waals surface area contributed by atoms with Gasteiger partial charge in [0, 0.05) is 0 Å². The van der Waals surface area contributed by atoms with Gasteiger partial charge >= 0.3 is 0 Å². The van der Waals surface area contributed by atoms with Crippen molar-refractivity contribution in [1.82, 2.24) is 0 Å². The van der Waals surface area contributed by atoms with E-state index in [1.165, 1.54) is 0 Å². The van der Waals surface area contributed by atoms with Gasteiger partial charge in [-0.25, -0.2) is 0 Å². The second-order valence-electron chi connectivity index (χ2n) is 4.69. The number of benzene rings is 1. The average Bonchev–Trinajstić information content (AvgIpc) is 2.15. The van der Waals surface area contributed by atoms with Crippen molar-refractivity contribution in [2.75, 3.05) is 0 Å². The smallest absolute Gasteiger partial charge is 0.0994 e. The summed E-state index contributed by atoms with van der Waals surface area (Å²) in [6.07, 6.45) is 0. The van der Waals surface area contributed by atoms with Gasteiger partial charge in [-0.2, -0.15) is 10.5 Å². The Hall–Kier alpha value is -1.80. The molecule has 0 bridgehead atoms. The molecule has 0 fully saturated rings. The van der Waals surface area contributed by atoms with Gasteiger partial charge in [-0.15, -0.1) is 0 Å². The van der Waals surface area contributed by atoms with Crippen LogP contribution >= 0.6 is 0 Å². The number of hydrogen-bond acceptors (Lipinski definition) is 2. The van der Waals surface area contributed by atoms with Gasteiger partial charge in [0.05, 0.1) is 23.3 Å². The van der Waals surface area contributed by atoms with Crippen molar-refractivity contribution in [2.24, 2.45) is 0 Å². The lowest BCUT2D eigenvalue weighted by Gasteiger charge is -2.21. The van der Waals surface area contributed by atoms with Crippen LogP contribution in [0.5, 0.6) is 0 Å². The van der Waals surface area contributed by atoms with Gasteiger partial charge < -0.3 is 0 Å². The predicted octanol–water partition coefficient (Wildman–Crippen LogP) is 3.04. The Kier molecular flexibility index (Phi) is 2.82. The molecule has 1 rings (SSSR count). The lowest BCUT2D eigenvalue weighted by Crippen LogP contribution is -2.14. The second-order valence-corrected chi connectivity index (χ2v) is 4.69. The standard InChI is InChI=1S/C13H14N2/c1-9-5-11(8-15)12(13(2,3)4)6-10(9)7-14/h5-6H,1-4H3. The third-order valence-corrected chi connectivity index (χ3v) is 2.41. The summed E-state index contributed by atoms with van der Waals surface area (Å²) in [5, 5.41) is 18.0. The van der Waals surface area contributed by atoms with E-state index < -0.39 is 0 Å². The summed E-state index contributed by atoms with van der Waals surface area (Å²) in [5.74, 6) is 0. The highest BCUT2D eigenvalue weighted by atomic mass is 14.3. The SMILES string of the molecule is Cc1cc(C#N)c(C(C)(C)C)cc1C#N. The molecule has 0 unspecified atom stereocenters. The van der Waals surface area contributed by atoms with Gasteiger partial charge in [0.25, 0.3) is 0 Å². The lowest BCUT2D eigenvalue weighted by atomic mass is 9.82. The third kappa shape index (κ3) is 2.17. The summed E-state index contributed by atoms with van der Waals surface area (Å²) < 4.78 is 0. The minimum Gasteiger partial charge on any atom is -0.192 e. The van der Waals surface area contributed by atoms with Gasteiger partial charge in [0.15, 0.2) is 0 Å². The zero-order valence-electron chi connectivity index (χ0n) is 9.55. The van der Waals surface area contributed by atoms with E-state index in [2.05, 4.69) is 12.1 Å². The monoisotopic (exact) mass is 198 g/mol. The number of nitrogens with zero attached hydrogens (tertiary/aromatic N) is 2. The number of aryl methyl sites for hydroxylation is 1. The lowest BCUT2D eigenvalue weighted by molar-refractivity contribution is 0.588. The highest BCUT2D eigenvalue weighted by molar-refractivity contribution is 5.51. The molecule has 0 atom stereocenters. The van der Waals surface area contributed by atoms with Crippen LogP contribution in [0.2, 0.25) is 0 Å². The predicted molar refractivity (Wildman–Crippen MR) is 59.3 cm³/mol. The molecule has 0 aromatic heterocycles. The zero-order valence-corrected chi connectivity index (χ0v) is 9.55.